The molecule has 2 heteroatoms. The van der Waals surface area contributed by atoms with Crippen molar-refractivity contribution in [2.75, 3.05) is 0 Å². The van der Waals surface area contributed by atoms with Crippen molar-refractivity contribution in [3.63, 3.8) is 0 Å². The van der Waals surface area contributed by atoms with Gasteiger partial charge in [-0.1, -0.05) is 39.3 Å². The van der Waals surface area contributed by atoms with E-state index >= 15 is 0 Å². The van der Waals surface area contributed by atoms with Crippen LogP contribution in [0.25, 0.3) is 0 Å². The van der Waals surface area contributed by atoms with Gasteiger partial charge < -0.3 is 10.2 Å². The molecule has 5 rings (SSSR count). The standard InChI is InChI=1S/C23H34O2/c1-4-5-6-17-7-8-19(20(25)18(17)12-24)23-11-16-9-21(2,14-23)13-22(3,10-16)15-23/h7-8,16,24-25H,4-6,9-15H2,1-3H3. The Labute approximate surface area is 152 Å². The fourth-order valence-electron chi connectivity index (χ4n) is 7.63. The van der Waals surface area contributed by atoms with Crippen LogP contribution in [-0.4, -0.2) is 10.2 Å². The SMILES string of the molecule is CCCCc1ccc(C23CC4CC(C)(CC(C)(C4)C2)C3)c(O)c1CO. The minimum Gasteiger partial charge on any atom is -0.507 e. The lowest BCUT2D eigenvalue weighted by Crippen LogP contribution is -2.56. The lowest BCUT2D eigenvalue weighted by Gasteiger charge is -2.65. The Hall–Kier alpha value is -1.02. The predicted molar refractivity (Wildman–Crippen MR) is 102 cm³/mol. The summed E-state index contributed by atoms with van der Waals surface area (Å²) < 4.78 is 0. The molecular weight excluding hydrogens is 308 g/mol. The van der Waals surface area contributed by atoms with E-state index in [0.29, 0.717) is 16.6 Å². The second-order valence-corrected chi connectivity index (χ2v) is 10.3. The molecule has 1 aromatic rings. The molecule has 0 saturated heterocycles. The van der Waals surface area contributed by atoms with Crippen LogP contribution in [0.4, 0.5) is 0 Å². The smallest absolute Gasteiger partial charge is 0.125 e. The number of aromatic hydroxyl groups is 1. The lowest BCUT2D eigenvalue weighted by atomic mass is 9.39. The summed E-state index contributed by atoms with van der Waals surface area (Å²) >= 11 is 0. The zero-order valence-corrected chi connectivity index (χ0v) is 16.2. The highest BCUT2D eigenvalue weighted by Gasteiger charge is 2.61. The zero-order valence-electron chi connectivity index (χ0n) is 16.2. The minimum absolute atomic E-state index is 0.0488. The second kappa shape index (κ2) is 5.74. The third-order valence-corrected chi connectivity index (χ3v) is 7.54. The fourth-order valence-corrected chi connectivity index (χ4v) is 7.63. The quantitative estimate of drug-likeness (QED) is 0.744. The molecule has 138 valence electrons. The van der Waals surface area contributed by atoms with E-state index in [1.165, 1.54) is 38.5 Å². The minimum atomic E-state index is -0.0488. The molecule has 4 aliphatic rings. The summed E-state index contributed by atoms with van der Waals surface area (Å²) in [5.41, 5.74) is 4.05. The molecule has 4 aliphatic carbocycles. The highest BCUT2D eigenvalue weighted by molar-refractivity contribution is 5.50. The van der Waals surface area contributed by atoms with Crippen molar-refractivity contribution >= 4 is 0 Å². The Morgan fingerprint density at radius 3 is 2.28 bits per heavy atom. The number of aryl methyl sites for hydroxylation is 1. The number of aliphatic hydroxyl groups is 1. The molecule has 2 N–H and O–H groups in total. The third-order valence-electron chi connectivity index (χ3n) is 7.54. The van der Waals surface area contributed by atoms with Gasteiger partial charge in [0.05, 0.1) is 6.61 Å². The maximum atomic E-state index is 11.1. The number of rotatable bonds is 5. The summed E-state index contributed by atoms with van der Waals surface area (Å²) in [5.74, 6) is 1.22. The molecule has 4 fully saturated rings. The van der Waals surface area contributed by atoms with Crippen molar-refractivity contribution in [1.82, 2.24) is 0 Å². The summed E-state index contributed by atoms with van der Waals surface area (Å²) in [4.78, 5) is 0. The van der Waals surface area contributed by atoms with Crippen LogP contribution < -0.4 is 0 Å². The van der Waals surface area contributed by atoms with Crippen molar-refractivity contribution in [2.24, 2.45) is 16.7 Å². The molecule has 4 bridgehead atoms. The maximum absolute atomic E-state index is 11.1. The first kappa shape index (κ1) is 17.4. The number of hydrogen-bond acceptors (Lipinski definition) is 2. The van der Waals surface area contributed by atoms with Gasteiger partial charge in [-0.15, -0.1) is 0 Å². The van der Waals surface area contributed by atoms with E-state index in [4.69, 9.17) is 0 Å². The number of aliphatic hydroxyl groups excluding tert-OH is 1. The molecule has 25 heavy (non-hydrogen) atoms. The van der Waals surface area contributed by atoms with E-state index in [2.05, 4.69) is 32.9 Å². The van der Waals surface area contributed by atoms with Crippen LogP contribution in [0.1, 0.15) is 88.8 Å². The van der Waals surface area contributed by atoms with Crippen molar-refractivity contribution < 1.29 is 10.2 Å². The Kier molecular flexibility index (Phi) is 3.99. The number of unbranched alkanes of at least 4 members (excludes halogenated alkanes) is 1. The van der Waals surface area contributed by atoms with Crippen LogP contribution in [0.3, 0.4) is 0 Å². The molecule has 0 radical (unpaired) electrons. The first-order valence-electron chi connectivity index (χ1n) is 10.3. The summed E-state index contributed by atoms with van der Waals surface area (Å²) in [6.07, 6.45) is 10.9. The first-order chi connectivity index (χ1) is 11.8. The van der Waals surface area contributed by atoms with Crippen LogP contribution in [-0.2, 0) is 18.4 Å². The number of benzene rings is 1. The largest absolute Gasteiger partial charge is 0.507 e. The van der Waals surface area contributed by atoms with Crippen molar-refractivity contribution in [3.8, 4) is 5.75 Å². The molecule has 0 aromatic heterocycles. The summed E-state index contributed by atoms with van der Waals surface area (Å²) in [6, 6.07) is 4.40. The molecule has 0 spiro atoms. The Balaban J connectivity index is 1.77. The highest BCUT2D eigenvalue weighted by atomic mass is 16.3. The Morgan fingerprint density at radius 1 is 1.04 bits per heavy atom. The normalized spacial score (nSPS) is 39.1. The van der Waals surface area contributed by atoms with E-state index in [0.717, 1.165) is 41.9 Å². The molecular formula is C23H34O2. The molecule has 2 nitrogen and oxygen atoms in total. The lowest BCUT2D eigenvalue weighted by molar-refractivity contribution is -0.110. The van der Waals surface area contributed by atoms with Gasteiger partial charge in [-0.2, -0.15) is 0 Å². The Morgan fingerprint density at radius 2 is 1.72 bits per heavy atom. The van der Waals surface area contributed by atoms with Gasteiger partial charge in [-0.25, -0.2) is 0 Å². The van der Waals surface area contributed by atoms with Gasteiger partial charge >= 0.3 is 0 Å². The van der Waals surface area contributed by atoms with E-state index in [9.17, 15) is 10.2 Å². The van der Waals surface area contributed by atoms with Gasteiger partial charge in [-0.3, -0.25) is 0 Å². The van der Waals surface area contributed by atoms with Crippen LogP contribution in [0, 0.1) is 16.7 Å². The average molecular weight is 343 g/mol. The second-order valence-electron chi connectivity index (χ2n) is 10.3. The molecule has 0 heterocycles. The van der Waals surface area contributed by atoms with Crippen molar-refractivity contribution in [1.29, 1.82) is 0 Å². The maximum Gasteiger partial charge on any atom is 0.125 e. The number of hydrogen-bond donors (Lipinski definition) is 2. The third kappa shape index (κ3) is 2.72. The average Bonchev–Trinajstić information content (AvgIpc) is 2.49. The van der Waals surface area contributed by atoms with Crippen LogP contribution in [0.5, 0.6) is 5.75 Å². The highest BCUT2D eigenvalue weighted by Crippen LogP contribution is 2.70. The molecule has 2 unspecified atom stereocenters. The van der Waals surface area contributed by atoms with Crippen LogP contribution in [0.2, 0.25) is 0 Å². The van der Waals surface area contributed by atoms with Crippen LogP contribution >= 0.6 is 0 Å². The molecule has 2 atom stereocenters. The molecule has 1 aromatic carbocycles. The van der Waals surface area contributed by atoms with Crippen LogP contribution in [0.15, 0.2) is 12.1 Å². The molecule has 0 amide bonds. The Bertz CT molecular complexity index is 659. The van der Waals surface area contributed by atoms with E-state index in [-0.39, 0.29) is 12.0 Å². The molecule has 0 aliphatic heterocycles. The van der Waals surface area contributed by atoms with E-state index in [1.807, 2.05) is 0 Å². The van der Waals surface area contributed by atoms with Crippen molar-refractivity contribution in [2.45, 2.75) is 90.6 Å². The van der Waals surface area contributed by atoms with Gasteiger partial charge in [-0.05, 0) is 73.7 Å². The van der Waals surface area contributed by atoms with Gasteiger partial charge in [0.2, 0.25) is 0 Å². The van der Waals surface area contributed by atoms with Crippen molar-refractivity contribution in [3.05, 3.63) is 28.8 Å². The summed E-state index contributed by atoms with van der Waals surface area (Å²) in [6.45, 7) is 7.09. The monoisotopic (exact) mass is 342 g/mol. The summed E-state index contributed by atoms with van der Waals surface area (Å²) in [7, 11) is 0. The van der Waals surface area contributed by atoms with Gasteiger partial charge in [0.15, 0.2) is 0 Å². The van der Waals surface area contributed by atoms with E-state index in [1.54, 1.807) is 0 Å². The summed E-state index contributed by atoms with van der Waals surface area (Å²) in [5, 5.41) is 21.1. The number of phenols is 1. The van der Waals surface area contributed by atoms with E-state index < -0.39 is 0 Å². The zero-order chi connectivity index (χ0) is 17.9. The topological polar surface area (TPSA) is 40.5 Å². The predicted octanol–water partition coefficient (Wildman–Crippen LogP) is 5.48. The van der Waals surface area contributed by atoms with Gasteiger partial charge in [0, 0.05) is 16.5 Å². The van der Waals surface area contributed by atoms with Gasteiger partial charge in [0.1, 0.15) is 5.75 Å². The van der Waals surface area contributed by atoms with Gasteiger partial charge in [0.25, 0.3) is 0 Å². The fraction of sp³-hybridized carbons (Fsp3) is 0.739. The molecule has 4 saturated carbocycles. The first-order valence-corrected chi connectivity index (χ1v) is 10.3.